The molecule has 5 heteroatoms. The van der Waals surface area contributed by atoms with Gasteiger partial charge in [0.1, 0.15) is 6.04 Å². The van der Waals surface area contributed by atoms with Gasteiger partial charge in [-0.15, -0.1) is 0 Å². The van der Waals surface area contributed by atoms with Crippen LogP contribution in [0.5, 0.6) is 0 Å². The molecule has 1 aromatic rings. The van der Waals surface area contributed by atoms with Crippen molar-refractivity contribution in [3.63, 3.8) is 0 Å². The van der Waals surface area contributed by atoms with Gasteiger partial charge in [0.2, 0.25) is 5.91 Å². The monoisotopic (exact) mass is 263 g/mol. The van der Waals surface area contributed by atoms with E-state index in [1.807, 2.05) is 20.8 Å². The summed E-state index contributed by atoms with van der Waals surface area (Å²) in [5, 5.41) is 5.31. The third-order valence-corrected chi connectivity index (χ3v) is 2.75. The number of carbonyl (C=O) groups is 2. The number of pyridine rings is 1. The van der Waals surface area contributed by atoms with Crippen LogP contribution in [0.15, 0.2) is 18.3 Å². The number of carbonyl (C=O) groups excluding carboxylic acids is 2. The highest BCUT2D eigenvalue weighted by molar-refractivity contribution is 5.97. The van der Waals surface area contributed by atoms with E-state index in [1.165, 1.54) is 6.20 Å². The summed E-state index contributed by atoms with van der Waals surface area (Å²) in [7, 11) is 1.56. The van der Waals surface area contributed by atoms with Crippen LogP contribution in [0.2, 0.25) is 0 Å². The summed E-state index contributed by atoms with van der Waals surface area (Å²) in [4.78, 5) is 27.8. The Morgan fingerprint density at radius 3 is 2.47 bits per heavy atom. The van der Waals surface area contributed by atoms with E-state index in [4.69, 9.17) is 0 Å². The van der Waals surface area contributed by atoms with Crippen LogP contribution in [0.1, 0.15) is 36.3 Å². The Balaban J connectivity index is 2.75. The van der Waals surface area contributed by atoms with Gasteiger partial charge in [-0.3, -0.25) is 14.6 Å². The van der Waals surface area contributed by atoms with Crippen molar-refractivity contribution in [2.75, 3.05) is 7.05 Å². The van der Waals surface area contributed by atoms with Crippen molar-refractivity contribution in [3.8, 4) is 0 Å². The summed E-state index contributed by atoms with van der Waals surface area (Å²) in [6.07, 6.45) is 2.12. The zero-order valence-corrected chi connectivity index (χ0v) is 11.9. The topological polar surface area (TPSA) is 71.1 Å². The minimum absolute atomic E-state index is 0.179. The Morgan fingerprint density at radius 1 is 1.32 bits per heavy atom. The minimum atomic E-state index is -0.515. The fourth-order valence-electron chi connectivity index (χ4n) is 1.72. The summed E-state index contributed by atoms with van der Waals surface area (Å²) in [5.41, 5.74) is 1.31. The molecular formula is C14H21N3O2. The summed E-state index contributed by atoms with van der Waals surface area (Å²) < 4.78 is 0. The van der Waals surface area contributed by atoms with Crippen LogP contribution in [-0.2, 0) is 4.79 Å². The van der Waals surface area contributed by atoms with E-state index in [2.05, 4.69) is 15.6 Å². The molecular weight excluding hydrogens is 242 g/mol. The third kappa shape index (κ3) is 4.69. The Hall–Kier alpha value is -1.91. The lowest BCUT2D eigenvalue weighted by Crippen LogP contribution is -2.46. The van der Waals surface area contributed by atoms with Crippen LogP contribution >= 0.6 is 0 Å². The molecule has 1 atom stereocenters. The Morgan fingerprint density at radius 2 is 2.00 bits per heavy atom. The van der Waals surface area contributed by atoms with Gasteiger partial charge in [0.15, 0.2) is 0 Å². The van der Waals surface area contributed by atoms with E-state index in [1.54, 1.807) is 19.2 Å². The van der Waals surface area contributed by atoms with Crippen LogP contribution in [0, 0.1) is 12.8 Å². The van der Waals surface area contributed by atoms with E-state index in [-0.39, 0.29) is 11.8 Å². The number of hydrogen-bond acceptors (Lipinski definition) is 3. The smallest absolute Gasteiger partial charge is 0.253 e. The molecule has 0 aliphatic heterocycles. The number of nitrogens with one attached hydrogen (secondary N) is 2. The summed E-state index contributed by atoms with van der Waals surface area (Å²) in [5.74, 6) is -0.136. The number of aromatic nitrogens is 1. The molecule has 2 N–H and O–H groups in total. The van der Waals surface area contributed by atoms with Gasteiger partial charge in [-0.1, -0.05) is 13.8 Å². The summed E-state index contributed by atoms with van der Waals surface area (Å²) in [6.45, 7) is 5.87. The zero-order chi connectivity index (χ0) is 14.4. The molecule has 0 fully saturated rings. The first-order valence-electron chi connectivity index (χ1n) is 6.39. The van der Waals surface area contributed by atoms with Crippen molar-refractivity contribution < 1.29 is 9.59 Å². The molecule has 1 rings (SSSR count). The fraction of sp³-hybridized carbons (Fsp3) is 0.500. The Bertz CT molecular complexity index is 441. The molecule has 0 saturated carbocycles. The highest BCUT2D eigenvalue weighted by Gasteiger charge is 2.21. The predicted molar refractivity (Wildman–Crippen MR) is 73.7 cm³/mol. The quantitative estimate of drug-likeness (QED) is 0.840. The molecule has 5 nitrogen and oxygen atoms in total. The van der Waals surface area contributed by atoms with Crippen molar-refractivity contribution in [3.05, 3.63) is 29.6 Å². The SMILES string of the molecule is CNC(=O)C(CC(C)C)NC(=O)c1ccc(C)nc1. The predicted octanol–water partition coefficient (Wildman–Crippen LogP) is 1.28. The molecule has 0 saturated heterocycles. The molecule has 19 heavy (non-hydrogen) atoms. The first kappa shape index (κ1) is 15.1. The van der Waals surface area contributed by atoms with Gasteiger partial charge in [-0.25, -0.2) is 0 Å². The van der Waals surface area contributed by atoms with Crippen molar-refractivity contribution in [2.45, 2.75) is 33.2 Å². The van der Waals surface area contributed by atoms with Crippen LogP contribution in [-0.4, -0.2) is 29.9 Å². The number of aryl methyl sites for hydroxylation is 1. The second kappa shape index (κ2) is 6.87. The number of hydrogen-bond donors (Lipinski definition) is 2. The zero-order valence-electron chi connectivity index (χ0n) is 11.9. The molecule has 0 aliphatic carbocycles. The highest BCUT2D eigenvalue weighted by Crippen LogP contribution is 2.07. The van der Waals surface area contributed by atoms with Crippen LogP contribution < -0.4 is 10.6 Å². The molecule has 1 heterocycles. The largest absolute Gasteiger partial charge is 0.357 e. The van der Waals surface area contributed by atoms with Gasteiger partial charge in [-0.2, -0.15) is 0 Å². The maximum Gasteiger partial charge on any atom is 0.253 e. The molecule has 0 aliphatic rings. The van der Waals surface area contributed by atoms with Gasteiger partial charge < -0.3 is 10.6 Å². The summed E-state index contributed by atoms with van der Waals surface area (Å²) in [6, 6.07) is 2.96. The molecule has 0 spiro atoms. The second-order valence-electron chi connectivity index (χ2n) is 4.96. The van der Waals surface area contributed by atoms with E-state index < -0.39 is 6.04 Å². The first-order valence-corrected chi connectivity index (χ1v) is 6.39. The molecule has 104 valence electrons. The van der Waals surface area contributed by atoms with E-state index in [9.17, 15) is 9.59 Å². The average Bonchev–Trinajstić information content (AvgIpc) is 2.37. The molecule has 1 unspecified atom stereocenters. The number of rotatable bonds is 5. The van der Waals surface area contributed by atoms with Gasteiger partial charge in [0.05, 0.1) is 5.56 Å². The number of likely N-dealkylation sites (N-methyl/N-ethyl adjacent to an activating group) is 1. The lowest BCUT2D eigenvalue weighted by atomic mass is 10.0. The molecule has 2 amide bonds. The Kier molecular flexibility index (Phi) is 5.48. The molecule has 0 radical (unpaired) electrons. The molecule has 0 aromatic carbocycles. The van der Waals surface area contributed by atoms with Crippen molar-refractivity contribution in [1.29, 1.82) is 0 Å². The van der Waals surface area contributed by atoms with Crippen LogP contribution in [0.25, 0.3) is 0 Å². The normalized spacial score (nSPS) is 12.1. The van der Waals surface area contributed by atoms with Crippen LogP contribution in [0.4, 0.5) is 0 Å². The maximum atomic E-state index is 12.0. The number of nitrogens with zero attached hydrogens (tertiary/aromatic N) is 1. The highest BCUT2D eigenvalue weighted by atomic mass is 16.2. The minimum Gasteiger partial charge on any atom is -0.357 e. The van der Waals surface area contributed by atoms with Gasteiger partial charge in [0.25, 0.3) is 5.91 Å². The fourth-order valence-corrected chi connectivity index (χ4v) is 1.72. The maximum absolute atomic E-state index is 12.0. The lowest BCUT2D eigenvalue weighted by Gasteiger charge is -2.19. The van der Waals surface area contributed by atoms with E-state index in [0.717, 1.165) is 5.69 Å². The van der Waals surface area contributed by atoms with Crippen molar-refractivity contribution in [2.24, 2.45) is 5.92 Å². The van der Waals surface area contributed by atoms with Gasteiger partial charge >= 0.3 is 0 Å². The molecule has 0 bridgehead atoms. The lowest BCUT2D eigenvalue weighted by molar-refractivity contribution is -0.122. The summed E-state index contributed by atoms with van der Waals surface area (Å²) >= 11 is 0. The van der Waals surface area contributed by atoms with Gasteiger partial charge in [0, 0.05) is 18.9 Å². The molecule has 1 aromatic heterocycles. The first-order chi connectivity index (χ1) is 8.93. The second-order valence-corrected chi connectivity index (χ2v) is 4.96. The third-order valence-electron chi connectivity index (χ3n) is 2.75. The Labute approximate surface area is 113 Å². The van der Waals surface area contributed by atoms with Crippen molar-refractivity contribution in [1.82, 2.24) is 15.6 Å². The van der Waals surface area contributed by atoms with Crippen molar-refractivity contribution >= 4 is 11.8 Å². The average molecular weight is 263 g/mol. The van der Waals surface area contributed by atoms with Gasteiger partial charge in [-0.05, 0) is 31.4 Å². The standard InChI is InChI=1S/C14H21N3O2/c1-9(2)7-12(14(19)15-4)17-13(18)11-6-5-10(3)16-8-11/h5-6,8-9,12H,7H2,1-4H3,(H,15,19)(H,17,18). The number of amides is 2. The van der Waals surface area contributed by atoms with E-state index in [0.29, 0.717) is 17.9 Å². The van der Waals surface area contributed by atoms with Crippen LogP contribution in [0.3, 0.4) is 0 Å². The van der Waals surface area contributed by atoms with E-state index >= 15 is 0 Å².